The van der Waals surface area contributed by atoms with E-state index in [-0.39, 0.29) is 24.8 Å². The van der Waals surface area contributed by atoms with Crippen molar-refractivity contribution in [3.63, 3.8) is 0 Å². The molecular weight excluding hydrogens is 224 g/mol. The van der Waals surface area contributed by atoms with Crippen LogP contribution in [0.15, 0.2) is 0 Å². The van der Waals surface area contributed by atoms with E-state index in [9.17, 15) is 14.4 Å². The smallest absolute Gasteiger partial charge is 0.317 e. The number of likely N-dealkylation sites (tertiary alicyclic amines) is 1. The van der Waals surface area contributed by atoms with Crippen molar-refractivity contribution in [3.05, 3.63) is 0 Å². The molecule has 1 heterocycles. The molecule has 2 amide bonds. The minimum Gasteiger partial charge on any atom is -0.480 e. The van der Waals surface area contributed by atoms with Crippen LogP contribution >= 0.6 is 0 Å². The van der Waals surface area contributed by atoms with Gasteiger partial charge in [0.05, 0.1) is 19.0 Å². The Morgan fingerprint density at radius 3 is 2.53 bits per heavy atom. The van der Waals surface area contributed by atoms with Gasteiger partial charge in [0.15, 0.2) is 0 Å². The lowest BCUT2D eigenvalue weighted by molar-refractivity contribution is -0.140. The van der Waals surface area contributed by atoms with E-state index in [1.54, 1.807) is 4.90 Å². The molecule has 1 saturated heterocycles. The number of aliphatic carboxylic acids is 1. The number of carboxylic acids is 1. The number of hydrogen-bond donors (Lipinski definition) is 1. The lowest BCUT2D eigenvalue weighted by Gasteiger charge is -2.24. The lowest BCUT2D eigenvalue weighted by Crippen LogP contribution is -2.44. The van der Waals surface area contributed by atoms with Crippen molar-refractivity contribution in [2.45, 2.75) is 25.3 Å². The van der Waals surface area contributed by atoms with Crippen molar-refractivity contribution >= 4 is 17.8 Å². The van der Waals surface area contributed by atoms with E-state index in [0.29, 0.717) is 12.5 Å². The Kier molecular flexibility index (Phi) is 3.15. The monoisotopic (exact) mass is 240 g/mol. The van der Waals surface area contributed by atoms with Gasteiger partial charge in [0, 0.05) is 13.6 Å². The van der Waals surface area contributed by atoms with E-state index in [4.69, 9.17) is 5.11 Å². The van der Waals surface area contributed by atoms with E-state index >= 15 is 0 Å². The number of amides is 2. The van der Waals surface area contributed by atoms with Gasteiger partial charge in [-0.15, -0.1) is 0 Å². The van der Waals surface area contributed by atoms with Crippen LogP contribution in [0.25, 0.3) is 0 Å². The molecule has 0 radical (unpaired) electrons. The summed E-state index contributed by atoms with van der Waals surface area (Å²) in [4.78, 5) is 36.7. The average Bonchev–Trinajstić information content (AvgIpc) is 3.01. The second-order valence-electron chi connectivity index (χ2n) is 4.78. The summed E-state index contributed by atoms with van der Waals surface area (Å²) in [6.07, 6.45) is 2.27. The maximum atomic E-state index is 11.8. The zero-order valence-corrected chi connectivity index (χ0v) is 9.76. The average molecular weight is 240 g/mol. The summed E-state index contributed by atoms with van der Waals surface area (Å²) in [5, 5.41) is 8.84. The highest BCUT2D eigenvalue weighted by atomic mass is 16.4. The molecule has 1 N–H and O–H groups in total. The van der Waals surface area contributed by atoms with E-state index < -0.39 is 12.0 Å². The fraction of sp³-hybridized carbons (Fsp3) is 0.727. The predicted molar refractivity (Wildman–Crippen MR) is 58.1 cm³/mol. The number of carboxylic acid groups (broad SMARTS) is 1. The highest BCUT2D eigenvalue weighted by Gasteiger charge is 2.41. The maximum Gasteiger partial charge on any atom is 0.317 e. The Morgan fingerprint density at radius 1 is 1.47 bits per heavy atom. The van der Waals surface area contributed by atoms with Gasteiger partial charge in [-0.2, -0.15) is 0 Å². The summed E-state index contributed by atoms with van der Waals surface area (Å²) in [6, 6.07) is -0.579. The number of imide groups is 1. The minimum absolute atomic E-state index is 0.106. The summed E-state index contributed by atoms with van der Waals surface area (Å²) in [6.45, 7) is 0.428. The first-order valence-corrected chi connectivity index (χ1v) is 5.75. The van der Waals surface area contributed by atoms with Gasteiger partial charge in [0.1, 0.15) is 0 Å². The third-order valence-corrected chi connectivity index (χ3v) is 3.33. The minimum atomic E-state index is -0.958. The molecule has 94 valence electrons. The van der Waals surface area contributed by atoms with Crippen molar-refractivity contribution in [1.29, 1.82) is 0 Å². The molecule has 0 bridgehead atoms. The molecule has 1 aliphatic heterocycles. The summed E-state index contributed by atoms with van der Waals surface area (Å²) in [5.41, 5.74) is 0. The van der Waals surface area contributed by atoms with Crippen LogP contribution < -0.4 is 0 Å². The fourth-order valence-electron chi connectivity index (χ4n) is 2.13. The summed E-state index contributed by atoms with van der Waals surface area (Å²) < 4.78 is 0. The summed E-state index contributed by atoms with van der Waals surface area (Å²) in [5.74, 6) is -0.980. The van der Waals surface area contributed by atoms with Crippen LogP contribution in [0.4, 0.5) is 0 Å². The van der Waals surface area contributed by atoms with Gasteiger partial charge < -0.3 is 5.11 Å². The normalized spacial score (nSPS) is 24.8. The van der Waals surface area contributed by atoms with E-state index in [1.165, 1.54) is 7.05 Å². The van der Waals surface area contributed by atoms with Gasteiger partial charge >= 0.3 is 5.97 Å². The van der Waals surface area contributed by atoms with Crippen molar-refractivity contribution in [1.82, 2.24) is 9.80 Å². The standard InChI is InChI=1S/C11H16N2O4/c1-12-9(14)4-8(11(12)17)13(6-10(15)16)5-7-2-3-7/h7-8H,2-6H2,1H3,(H,15,16). The molecule has 0 aromatic rings. The topological polar surface area (TPSA) is 77.9 Å². The van der Waals surface area contributed by atoms with Gasteiger partial charge in [0.2, 0.25) is 11.8 Å². The van der Waals surface area contributed by atoms with Crippen LogP contribution in [0.2, 0.25) is 0 Å². The molecule has 1 saturated carbocycles. The molecule has 0 spiro atoms. The van der Waals surface area contributed by atoms with Crippen molar-refractivity contribution in [2.24, 2.45) is 5.92 Å². The molecule has 1 unspecified atom stereocenters. The van der Waals surface area contributed by atoms with E-state index in [2.05, 4.69) is 0 Å². The number of hydrogen-bond acceptors (Lipinski definition) is 4. The van der Waals surface area contributed by atoms with E-state index in [1.807, 2.05) is 0 Å². The Bertz CT molecular complexity index is 364. The van der Waals surface area contributed by atoms with Crippen molar-refractivity contribution in [2.75, 3.05) is 20.1 Å². The third kappa shape index (κ3) is 2.63. The van der Waals surface area contributed by atoms with Crippen LogP contribution in [0.5, 0.6) is 0 Å². The number of carbonyl (C=O) groups excluding carboxylic acids is 2. The zero-order valence-electron chi connectivity index (χ0n) is 9.76. The van der Waals surface area contributed by atoms with Crippen LogP contribution in [0.3, 0.4) is 0 Å². The van der Waals surface area contributed by atoms with Crippen LogP contribution in [0, 0.1) is 5.92 Å². The zero-order chi connectivity index (χ0) is 12.6. The second-order valence-corrected chi connectivity index (χ2v) is 4.78. The lowest BCUT2D eigenvalue weighted by atomic mass is 10.2. The first-order valence-electron chi connectivity index (χ1n) is 5.75. The molecule has 17 heavy (non-hydrogen) atoms. The molecule has 1 atom stereocenters. The van der Waals surface area contributed by atoms with Gasteiger partial charge in [-0.3, -0.25) is 24.2 Å². The van der Waals surface area contributed by atoms with Gasteiger partial charge in [0.25, 0.3) is 0 Å². The number of likely N-dealkylation sites (N-methyl/N-ethyl adjacent to an activating group) is 1. The molecule has 6 heteroatoms. The largest absolute Gasteiger partial charge is 0.480 e. The Hall–Kier alpha value is -1.43. The van der Waals surface area contributed by atoms with Crippen molar-refractivity contribution < 1.29 is 19.5 Å². The molecule has 0 aromatic heterocycles. The predicted octanol–water partition coefficient (Wildman–Crippen LogP) is -0.460. The Morgan fingerprint density at radius 2 is 2.12 bits per heavy atom. The van der Waals surface area contributed by atoms with Crippen LogP contribution in [-0.4, -0.2) is 58.9 Å². The third-order valence-electron chi connectivity index (χ3n) is 3.33. The summed E-state index contributed by atoms with van der Waals surface area (Å²) in [7, 11) is 1.45. The van der Waals surface area contributed by atoms with Gasteiger partial charge in [-0.1, -0.05) is 0 Å². The quantitative estimate of drug-likeness (QED) is 0.658. The molecule has 0 aromatic carbocycles. The molecular formula is C11H16N2O4. The van der Waals surface area contributed by atoms with Crippen LogP contribution in [0.1, 0.15) is 19.3 Å². The molecule has 2 aliphatic rings. The highest BCUT2D eigenvalue weighted by molar-refractivity contribution is 6.05. The number of carbonyl (C=O) groups is 3. The molecule has 6 nitrogen and oxygen atoms in total. The second kappa shape index (κ2) is 4.44. The Labute approximate surface area is 99.2 Å². The number of nitrogens with zero attached hydrogens (tertiary/aromatic N) is 2. The summed E-state index contributed by atoms with van der Waals surface area (Å²) >= 11 is 0. The first-order chi connectivity index (χ1) is 7.99. The SMILES string of the molecule is CN1C(=O)CC(N(CC(=O)O)CC2CC2)C1=O. The fourth-order valence-corrected chi connectivity index (χ4v) is 2.13. The maximum absolute atomic E-state index is 11.8. The molecule has 2 rings (SSSR count). The molecule has 1 aliphatic carbocycles. The highest BCUT2D eigenvalue weighted by Crippen LogP contribution is 2.31. The Balaban J connectivity index is 2.06. The van der Waals surface area contributed by atoms with Gasteiger partial charge in [-0.25, -0.2) is 0 Å². The molecule has 2 fully saturated rings. The first kappa shape index (κ1) is 12.0. The van der Waals surface area contributed by atoms with Crippen molar-refractivity contribution in [3.8, 4) is 0 Å². The number of rotatable bonds is 5. The van der Waals surface area contributed by atoms with E-state index in [0.717, 1.165) is 17.7 Å². The van der Waals surface area contributed by atoms with Gasteiger partial charge in [-0.05, 0) is 18.8 Å². The van der Waals surface area contributed by atoms with Crippen LogP contribution in [-0.2, 0) is 14.4 Å².